The molecule has 1 amide bonds. The number of aryl methyl sites for hydroxylation is 1. The Bertz CT molecular complexity index is 1180. The number of hydrogen-bond donors (Lipinski definition) is 1. The van der Waals surface area contributed by atoms with Crippen LogP contribution >= 0.6 is 11.3 Å². The first-order chi connectivity index (χ1) is 13.0. The van der Waals surface area contributed by atoms with Crippen molar-refractivity contribution in [3.8, 4) is 11.3 Å². The van der Waals surface area contributed by atoms with Gasteiger partial charge in [0.25, 0.3) is 5.91 Å². The predicted octanol–water partition coefficient (Wildman–Crippen LogP) is 4.59. The van der Waals surface area contributed by atoms with E-state index in [-0.39, 0.29) is 5.69 Å². The molecule has 0 saturated carbocycles. The fraction of sp³-hybridized carbons (Fsp3) is 0.0526. The first-order valence-corrected chi connectivity index (χ1v) is 8.79. The summed E-state index contributed by atoms with van der Waals surface area (Å²) >= 11 is 1.24. The molecular formula is C19H12F2N4OS. The zero-order valence-corrected chi connectivity index (χ0v) is 14.8. The molecule has 0 saturated heterocycles. The van der Waals surface area contributed by atoms with Crippen LogP contribution in [0.25, 0.3) is 22.3 Å². The minimum atomic E-state index is -0.947. The SMILES string of the molecule is Cc1sc(NC(=O)c2cnc3ccccc3n2)nc1-c1ccc(F)c(F)c1. The van der Waals surface area contributed by atoms with E-state index in [0.717, 1.165) is 17.0 Å². The van der Waals surface area contributed by atoms with E-state index in [1.165, 1.54) is 23.6 Å². The monoisotopic (exact) mass is 382 g/mol. The number of thiazole rings is 1. The second kappa shape index (κ2) is 6.81. The summed E-state index contributed by atoms with van der Waals surface area (Å²) in [6, 6.07) is 10.8. The van der Waals surface area contributed by atoms with Gasteiger partial charge in [0.15, 0.2) is 16.8 Å². The van der Waals surface area contributed by atoms with Gasteiger partial charge in [0.05, 0.1) is 22.9 Å². The maximum atomic E-state index is 13.5. The summed E-state index contributed by atoms with van der Waals surface area (Å²) in [5.74, 6) is -2.31. The van der Waals surface area contributed by atoms with Crippen LogP contribution in [0, 0.1) is 18.6 Å². The summed E-state index contributed by atoms with van der Waals surface area (Å²) in [4.78, 5) is 26.1. The number of amides is 1. The molecule has 0 fully saturated rings. The fourth-order valence-corrected chi connectivity index (χ4v) is 3.42. The Balaban J connectivity index is 1.60. The van der Waals surface area contributed by atoms with E-state index < -0.39 is 17.5 Å². The van der Waals surface area contributed by atoms with Crippen LogP contribution in [0.1, 0.15) is 15.4 Å². The molecule has 4 rings (SSSR count). The fourth-order valence-electron chi connectivity index (χ4n) is 2.59. The van der Waals surface area contributed by atoms with Gasteiger partial charge < -0.3 is 0 Å². The maximum Gasteiger partial charge on any atom is 0.277 e. The summed E-state index contributed by atoms with van der Waals surface area (Å²) in [6.45, 7) is 1.79. The molecule has 2 aromatic heterocycles. The number of carbonyl (C=O) groups excluding carboxylic acids is 1. The summed E-state index contributed by atoms with van der Waals surface area (Å²) in [7, 11) is 0. The third-order valence-corrected chi connectivity index (χ3v) is 4.78. The van der Waals surface area contributed by atoms with Crippen molar-refractivity contribution in [2.45, 2.75) is 6.92 Å². The number of rotatable bonds is 3. The highest BCUT2D eigenvalue weighted by Crippen LogP contribution is 2.31. The lowest BCUT2D eigenvalue weighted by Gasteiger charge is -2.02. The van der Waals surface area contributed by atoms with Crippen molar-refractivity contribution in [2.24, 2.45) is 0 Å². The average molecular weight is 382 g/mol. The van der Waals surface area contributed by atoms with E-state index >= 15 is 0 Å². The molecule has 0 aliphatic carbocycles. The van der Waals surface area contributed by atoms with Gasteiger partial charge >= 0.3 is 0 Å². The molecule has 0 aliphatic heterocycles. The van der Waals surface area contributed by atoms with Crippen LogP contribution < -0.4 is 5.32 Å². The second-order valence-electron chi connectivity index (χ2n) is 5.75. The number of hydrogen-bond acceptors (Lipinski definition) is 5. The number of benzene rings is 2. The lowest BCUT2D eigenvalue weighted by Crippen LogP contribution is -2.14. The van der Waals surface area contributed by atoms with Crippen LogP contribution in [0.5, 0.6) is 0 Å². The number of fused-ring (bicyclic) bond motifs is 1. The maximum absolute atomic E-state index is 13.5. The topological polar surface area (TPSA) is 67.8 Å². The first-order valence-electron chi connectivity index (χ1n) is 7.97. The Morgan fingerprint density at radius 2 is 1.81 bits per heavy atom. The lowest BCUT2D eigenvalue weighted by molar-refractivity contribution is 0.102. The van der Waals surface area contributed by atoms with Gasteiger partial charge in [-0.25, -0.2) is 18.7 Å². The van der Waals surface area contributed by atoms with Crippen molar-refractivity contribution in [3.63, 3.8) is 0 Å². The largest absolute Gasteiger partial charge is 0.296 e. The zero-order valence-electron chi connectivity index (χ0n) is 14.0. The van der Waals surface area contributed by atoms with Crippen molar-refractivity contribution in [1.29, 1.82) is 0 Å². The third kappa shape index (κ3) is 3.39. The van der Waals surface area contributed by atoms with Crippen molar-refractivity contribution >= 4 is 33.4 Å². The van der Waals surface area contributed by atoms with Crippen molar-refractivity contribution in [1.82, 2.24) is 15.0 Å². The smallest absolute Gasteiger partial charge is 0.277 e. The standard InChI is InChI=1S/C19H12F2N4OS/c1-10-17(11-6-7-12(20)13(21)8-11)24-19(27-10)25-18(26)16-9-22-14-4-2-3-5-15(14)23-16/h2-9H,1H3,(H,24,25,26). The number of nitrogens with one attached hydrogen (secondary N) is 1. The van der Waals surface area contributed by atoms with Crippen LogP contribution in [0.4, 0.5) is 13.9 Å². The Morgan fingerprint density at radius 1 is 1.04 bits per heavy atom. The molecule has 2 aromatic carbocycles. The number of anilines is 1. The first kappa shape index (κ1) is 17.2. The van der Waals surface area contributed by atoms with E-state index in [4.69, 9.17) is 0 Å². The Labute approximate surface area is 156 Å². The number of aromatic nitrogens is 3. The van der Waals surface area contributed by atoms with E-state index in [0.29, 0.717) is 27.4 Å². The molecule has 0 atom stereocenters. The number of para-hydroxylation sites is 2. The summed E-state index contributed by atoms with van der Waals surface area (Å²) in [5.41, 5.74) is 2.39. The van der Waals surface area contributed by atoms with Crippen molar-refractivity contribution < 1.29 is 13.6 Å². The molecular weight excluding hydrogens is 370 g/mol. The van der Waals surface area contributed by atoms with Gasteiger partial charge in [-0.05, 0) is 37.3 Å². The molecule has 4 aromatic rings. The van der Waals surface area contributed by atoms with Gasteiger partial charge in [0.2, 0.25) is 0 Å². The minimum absolute atomic E-state index is 0.163. The molecule has 0 bridgehead atoms. The van der Waals surface area contributed by atoms with Crippen LogP contribution in [-0.4, -0.2) is 20.9 Å². The third-order valence-electron chi connectivity index (χ3n) is 3.89. The highest BCUT2D eigenvalue weighted by atomic mass is 32.1. The van der Waals surface area contributed by atoms with Crippen LogP contribution in [0.15, 0.2) is 48.7 Å². The highest BCUT2D eigenvalue weighted by Gasteiger charge is 2.16. The van der Waals surface area contributed by atoms with Crippen LogP contribution in [-0.2, 0) is 0 Å². The molecule has 8 heteroatoms. The van der Waals surface area contributed by atoms with Crippen LogP contribution in [0.2, 0.25) is 0 Å². The molecule has 5 nitrogen and oxygen atoms in total. The summed E-state index contributed by atoms with van der Waals surface area (Å²) in [5, 5.41) is 3.02. The molecule has 1 N–H and O–H groups in total. The second-order valence-corrected chi connectivity index (χ2v) is 6.95. The number of nitrogens with zero attached hydrogens (tertiary/aromatic N) is 3. The predicted molar refractivity (Wildman–Crippen MR) is 99.7 cm³/mol. The quantitative estimate of drug-likeness (QED) is 0.563. The van der Waals surface area contributed by atoms with Gasteiger partial charge in [-0.15, -0.1) is 11.3 Å². The zero-order chi connectivity index (χ0) is 19.0. The van der Waals surface area contributed by atoms with E-state index in [9.17, 15) is 13.6 Å². The molecule has 27 heavy (non-hydrogen) atoms. The van der Waals surface area contributed by atoms with E-state index in [1.54, 1.807) is 13.0 Å². The number of carbonyl (C=O) groups is 1. The number of halogens is 2. The Kier molecular flexibility index (Phi) is 4.33. The average Bonchev–Trinajstić information content (AvgIpc) is 3.03. The molecule has 0 aliphatic rings. The van der Waals surface area contributed by atoms with E-state index in [2.05, 4.69) is 20.3 Å². The normalized spacial score (nSPS) is 10.9. The molecule has 0 unspecified atom stereocenters. The Morgan fingerprint density at radius 3 is 2.59 bits per heavy atom. The molecule has 0 spiro atoms. The minimum Gasteiger partial charge on any atom is -0.296 e. The molecule has 0 radical (unpaired) electrons. The summed E-state index contributed by atoms with van der Waals surface area (Å²) in [6.07, 6.45) is 1.40. The van der Waals surface area contributed by atoms with E-state index in [1.807, 2.05) is 18.2 Å². The van der Waals surface area contributed by atoms with Crippen molar-refractivity contribution in [2.75, 3.05) is 5.32 Å². The van der Waals surface area contributed by atoms with Gasteiger partial charge in [-0.1, -0.05) is 12.1 Å². The summed E-state index contributed by atoms with van der Waals surface area (Å²) < 4.78 is 26.6. The van der Waals surface area contributed by atoms with Gasteiger partial charge in [0.1, 0.15) is 5.69 Å². The molecule has 134 valence electrons. The highest BCUT2D eigenvalue weighted by molar-refractivity contribution is 7.16. The van der Waals surface area contributed by atoms with Gasteiger partial charge in [-0.3, -0.25) is 15.1 Å². The Hall–Kier alpha value is -3.26. The lowest BCUT2D eigenvalue weighted by atomic mass is 10.1. The van der Waals surface area contributed by atoms with Crippen LogP contribution in [0.3, 0.4) is 0 Å². The van der Waals surface area contributed by atoms with Crippen molar-refractivity contribution in [3.05, 3.63) is 70.9 Å². The molecule has 2 heterocycles. The van der Waals surface area contributed by atoms with Gasteiger partial charge in [-0.2, -0.15) is 0 Å². The van der Waals surface area contributed by atoms with Gasteiger partial charge in [0, 0.05) is 10.4 Å².